The Balaban J connectivity index is 2.51. The minimum atomic E-state index is -0.711. The third-order valence-corrected chi connectivity index (χ3v) is 2.83. The van der Waals surface area contributed by atoms with Crippen molar-refractivity contribution in [3.63, 3.8) is 0 Å². The second-order valence-corrected chi connectivity index (χ2v) is 4.55. The minimum absolute atomic E-state index is 0.206. The highest BCUT2D eigenvalue weighted by atomic mass is 19.1. The first-order valence-electron chi connectivity index (χ1n) is 5.73. The lowest BCUT2D eigenvalue weighted by atomic mass is 9.98. The molecule has 0 aliphatic heterocycles. The summed E-state index contributed by atoms with van der Waals surface area (Å²) >= 11 is 0. The van der Waals surface area contributed by atoms with Crippen LogP contribution in [0.1, 0.15) is 25.3 Å². The highest BCUT2D eigenvalue weighted by Crippen LogP contribution is 2.27. The van der Waals surface area contributed by atoms with E-state index in [9.17, 15) is 13.2 Å². The first kappa shape index (κ1) is 12.7. The van der Waals surface area contributed by atoms with Crippen LogP contribution in [0.25, 0.3) is 11.1 Å². The molecule has 0 aliphatic carbocycles. The van der Waals surface area contributed by atoms with Crippen LogP contribution >= 0.6 is 0 Å². The fraction of sp³-hybridized carbons (Fsp3) is 0.200. The summed E-state index contributed by atoms with van der Waals surface area (Å²) in [6.45, 7) is 3.91. The molecule has 0 saturated heterocycles. The Morgan fingerprint density at radius 3 is 1.94 bits per heavy atom. The molecule has 2 aromatic rings. The van der Waals surface area contributed by atoms with Gasteiger partial charge >= 0.3 is 0 Å². The Morgan fingerprint density at radius 1 is 0.833 bits per heavy atom. The van der Waals surface area contributed by atoms with Crippen molar-refractivity contribution in [1.29, 1.82) is 0 Å². The lowest BCUT2D eigenvalue weighted by molar-refractivity contribution is 0.583. The van der Waals surface area contributed by atoms with E-state index in [4.69, 9.17) is 0 Å². The standard InChI is InChI=1S/C15H13F3/c1-9(2)10-3-4-14(15(18)7-10)11-5-12(16)8-13(17)6-11/h3-9H,1-2H3. The van der Waals surface area contributed by atoms with Gasteiger partial charge in [-0.25, -0.2) is 13.2 Å². The van der Waals surface area contributed by atoms with Crippen LogP contribution in [0.4, 0.5) is 13.2 Å². The number of halogens is 3. The van der Waals surface area contributed by atoms with E-state index in [2.05, 4.69) is 0 Å². The summed E-state index contributed by atoms with van der Waals surface area (Å²) in [4.78, 5) is 0. The van der Waals surface area contributed by atoms with Gasteiger partial charge in [-0.05, 0) is 35.2 Å². The van der Waals surface area contributed by atoms with E-state index in [1.165, 1.54) is 6.07 Å². The molecule has 18 heavy (non-hydrogen) atoms. The van der Waals surface area contributed by atoms with Crippen molar-refractivity contribution in [1.82, 2.24) is 0 Å². The molecule has 0 aliphatic rings. The second kappa shape index (κ2) is 4.84. The minimum Gasteiger partial charge on any atom is -0.207 e. The van der Waals surface area contributed by atoms with E-state index in [1.807, 2.05) is 13.8 Å². The zero-order valence-electron chi connectivity index (χ0n) is 10.2. The Hall–Kier alpha value is -1.77. The van der Waals surface area contributed by atoms with Gasteiger partial charge in [0, 0.05) is 11.6 Å². The summed E-state index contributed by atoms with van der Waals surface area (Å²) in [6, 6.07) is 7.74. The first-order valence-corrected chi connectivity index (χ1v) is 5.73. The molecule has 0 N–H and O–H groups in total. The lowest BCUT2D eigenvalue weighted by Gasteiger charge is -2.09. The van der Waals surface area contributed by atoms with Gasteiger partial charge in [-0.1, -0.05) is 26.0 Å². The van der Waals surface area contributed by atoms with Crippen LogP contribution in [0.15, 0.2) is 36.4 Å². The molecule has 0 heterocycles. The predicted molar refractivity (Wildman–Crippen MR) is 65.8 cm³/mol. The van der Waals surface area contributed by atoms with Gasteiger partial charge in [-0.2, -0.15) is 0 Å². The molecule has 0 saturated carbocycles. The summed E-state index contributed by atoms with van der Waals surface area (Å²) in [6.07, 6.45) is 0. The summed E-state index contributed by atoms with van der Waals surface area (Å²) in [5.74, 6) is -1.68. The first-order chi connectivity index (χ1) is 8.47. The molecule has 2 rings (SSSR count). The smallest absolute Gasteiger partial charge is 0.131 e. The van der Waals surface area contributed by atoms with Crippen molar-refractivity contribution < 1.29 is 13.2 Å². The van der Waals surface area contributed by atoms with Gasteiger partial charge in [0.1, 0.15) is 17.5 Å². The maximum atomic E-state index is 13.9. The quantitative estimate of drug-likeness (QED) is 0.711. The Bertz CT molecular complexity index is 554. The fourth-order valence-corrected chi connectivity index (χ4v) is 1.83. The molecule has 0 unspecified atom stereocenters. The van der Waals surface area contributed by atoms with Gasteiger partial charge in [-0.3, -0.25) is 0 Å². The van der Waals surface area contributed by atoms with Crippen LogP contribution in [0.2, 0.25) is 0 Å². The molecule has 0 amide bonds. The van der Waals surface area contributed by atoms with Gasteiger partial charge in [-0.15, -0.1) is 0 Å². The van der Waals surface area contributed by atoms with Gasteiger partial charge in [0.25, 0.3) is 0 Å². The van der Waals surface area contributed by atoms with Gasteiger partial charge in [0.2, 0.25) is 0 Å². The average molecular weight is 250 g/mol. The third kappa shape index (κ3) is 2.55. The number of hydrogen-bond acceptors (Lipinski definition) is 0. The van der Waals surface area contributed by atoms with Crippen LogP contribution in [-0.4, -0.2) is 0 Å². The van der Waals surface area contributed by atoms with Gasteiger partial charge < -0.3 is 0 Å². The molecule has 94 valence electrons. The van der Waals surface area contributed by atoms with Crippen LogP contribution < -0.4 is 0 Å². The molecule has 2 aromatic carbocycles. The highest BCUT2D eigenvalue weighted by Gasteiger charge is 2.10. The monoisotopic (exact) mass is 250 g/mol. The highest BCUT2D eigenvalue weighted by molar-refractivity contribution is 5.64. The van der Waals surface area contributed by atoms with Crippen molar-refractivity contribution in [2.75, 3.05) is 0 Å². The molecule has 0 nitrogen and oxygen atoms in total. The molecule has 0 fully saturated rings. The van der Waals surface area contributed by atoms with E-state index < -0.39 is 17.5 Å². The average Bonchev–Trinajstić information content (AvgIpc) is 2.27. The Morgan fingerprint density at radius 2 is 1.44 bits per heavy atom. The van der Waals surface area contributed by atoms with E-state index in [0.29, 0.717) is 0 Å². The maximum Gasteiger partial charge on any atom is 0.131 e. The Labute approximate surface area is 104 Å². The molecule has 0 radical (unpaired) electrons. The van der Waals surface area contributed by atoms with Crippen LogP contribution in [0, 0.1) is 17.5 Å². The molecular weight excluding hydrogens is 237 g/mol. The number of benzene rings is 2. The largest absolute Gasteiger partial charge is 0.207 e. The van der Waals surface area contributed by atoms with E-state index >= 15 is 0 Å². The molecule has 0 atom stereocenters. The summed E-state index contributed by atoms with van der Waals surface area (Å²) in [5.41, 5.74) is 1.27. The topological polar surface area (TPSA) is 0 Å². The lowest BCUT2D eigenvalue weighted by Crippen LogP contribution is -1.92. The maximum absolute atomic E-state index is 13.9. The van der Waals surface area contributed by atoms with Crippen LogP contribution in [0.3, 0.4) is 0 Å². The third-order valence-electron chi connectivity index (χ3n) is 2.83. The van der Waals surface area contributed by atoms with Gasteiger partial charge in [0.05, 0.1) is 0 Å². The van der Waals surface area contributed by atoms with Crippen molar-refractivity contribution >= 4 is 0 Å². The van der Waals surface area contributed by atoms with Crippen molar-refractivity contribution in [3.05, 3.63) is 59.4 Å². The summed E-state index contributed by atoms with van der Waals surface area (Å²) in [5, 5.41) is 0. The molecule has 3 heteroatoms. The van der Waals surface area contributed by atoms with Crippen molar-refractivity contribution in [2.45, 2.75) is 19.8 Å². The van der Waals surface area contributed by atoms with E-state index in [0.717, 1.165) is 23.8 Å². The van der Waals surface area contributed by atoms with Crippen molar-refractivity contribution in [3.8, 4) is 11.1 Å². The normalized spacial score (nSPS) is 11.0. The van der Waals surface area contributed by atoms with E-state index in [-0.39, 0.29) is 17.0 Å². The SMILES string of the molecule is CC(C)c1ccc(-c2cc(F)cc(F)c2)c(F)c1. The molecule has 0 aromatic heterocycles. The van der Waals surface area contributed by atoms with Crippen molar-refractivity contribution in [2.24, 2.45) is 0 Å². The zero-order valence-corrected chi connectivity index (χ0v) is 10.2. The second-order valence-electron chi connectivity index (χ2n) is 4.55. The number of hydrogen-bond donors (Lipinski definition) is 0. The predicted octanol–water partition coefficient (Wildman–Crippen LogP) is 4.89. The molecular formula is C15H13F3. The van der Waals surface area contributed by atoms with Crippen LogP contribution in [-0.2, 0) is 0 Å². The van der Waals surface area contributed by atoms with Crippen LogP contribution in [0.5, 0.6) is 0 Å². The fourth-order valence-electron chi connectivity index (χ4n) is 1.83. The summed E-state index contributed by atoms with van der Waals surface area (Å²) < 4.78 is 40.1. The summed E-state index contributed by atoms with van der Waals surface area (Å²) in [7, 11) is 0. The zero-order chi connectivity index (χ0) is 13.3. The molecule has 0 spiro atoms. The number of rotatable bonds is 2. The van der Waals surface area contributed by atoms with Gasteiger partial charge in [0.15, 0.2) is 0 Å². The molecule has 0 bridgehead atoms. The Kier molecular flexibility index (Phi) is 3.41. The van der Waals surface area contributed by atoms with E-state index in [1.54, 1.807) is 12.1 Å².